The van der Waals surface area contributed by atoms with Crippen LogP contribution in [0.1, 0.15) is 76.8 Å². The minimum Gasteiger partial charge on any atom is -0.458 e. The molecule has 0 aromatic heterocycles. The number of amides is 3. The second-order valence-electron chi connectivity index (χ2n) is 12.3. The molecule has 2 aromatic carbocycles. The van der Waals surface area contributed by atoms with Gasteiger partial charge in [-0.25, -0.2) is 9.59 Å². The number of nitrogens with zero attached hydrogens (tertiary/aromatic N) is 1. The van der Waals surface area contributed by atoms with E-state index in [0.29, 0.717) is 5.56 Å². The van der Waals surface area contributed by atoms with E-state index in [2.05, 4.69) is 10.6 Å². The van der Waals surface area contributed by atoms with E-state index in [1.807, 2.05) is 56.3 Å². The van der Waals surface area contributed by atoms with Crippen molar-refractivity contribution in [2.75, 3.05) is 7.05 Å². The monoisotopic (exact) mass is 567 g/mol. The summed E-state index contributed by atoms with van der Waals surface area (Å²) in [6.07, 6.45) is -0.540. The van der Waals surface area contributed by atoms with Crippen LogP contribution in [0.5, 0.6) is 0 Å². The van der Waals surface area contributed by atoms with Gasteiger partial charge < -0.3 is 25.0 Å². The molecule has 0 aliphatic heterocycles. The molecule has 9 nitrogen and oxygen atoms in total. The van der Waals surface area contributed by atoms with Gasteiger partial charge in [0.25, 0.3) is 0 Å². The van der Waals surface area contributed by atoms with E-state index in [4.69, 9.17) is 9.47 Å². The molecule has 9 heteroatoms. The van der Waals surface area contributed by atoms with Gasteiger partial charge in [0, 0.05) is 13.5 Å². The Morgan fingerprint density at radius 3 is 1.95 bits per heavy atom. The van der Waals surface area contributed by atoms with E-state index >= 15 is 0 Å². The molecule has 0 heterocycles. The number of ether oxygens (including phenoxy) is 2. The Kier molecular flexibility index (Phi) is 11.1. The SMILES string of the molecule is Cc1ccc(C(C(=O)NC(Cc2ccccc2)C(=O)OC(C)(C)C)N(C)C(=O)C(C)NC(=O)OC(C)(C)C)cc1C. The molecular weight excluding hydrogens is 522 g/mol. The summed E-state index contributed by atoms with van der Waals surface area (Å²) in [5.41, 5.74) is 1.86. The lowest BCUT2D eigenvalue weighted by Gasteiger charge is -2.32. The number of carbonyl (C=O) groups excluding carboxylic acids is 4. The van der Waals surface area contributed by atoms with Crippen LogP contribution in [0.4, 0.5) is 4.79 Å². The quantitative estimate of drug-likeness (QED) is 0.422. The zero-order chi connectivity index (χ0) is 31.1. The maximum absolute atomic E-state index is 14.0. The largest absolute Gasteiger partial charge is 0.458 e. The minimum atomic E-state index is -1.09. The van der Waals surface area contributed by atoms with Crippen molar-refractivity contribution in [2.45, 2.75) is 98.1 Å². The Labute approximate surface area is 244 Å². The van der Waals surface area contributed by atoms with E-state index in [1.54, 1.807) is 47.6 Å². The molecule has 2 aromatic rings. The molecule has 0 saturated heterocycles. The Hall–Kier alpha value is -3.88. The molecule has 224 valence electrons. The van der Waals surface area contributed by atoms with Crippen LogP contribution in [0.25, 0.3) is 0 Å². The highest BCUT2D eigenvalue weighted by Crippen LogP contribution is 2.24. The van der Waals surface area contributed by atoms with Crippen molar-refractivity contribution < 1.29 is 28.7 Å². The summed E-state index contributed by atoms with van der Waals surface area (Å²) >= 11 is 0. The maximum Gasteiger partial charge on any atom is 0.408 e. The number of esters is 1. The van der Waals surface area contributed by atoms with Crippen molar-refractivity contribution in [3.63, 3.8) is 0 Å². The molecule has 3 amide bonds. The Bertz CT molecular complexity index is 1230. The van der Waals surface area contributed by atoms with Crippen LogP contribution in [-0.2, 0) is 30.3 Å². The summed E-state index contributed by atoms with van der Waals surface area (Å²) in [4.78, 5) is 54.3. The lowest BCUT2D eigenvalue weighted by atomic mass is 9.98. The second kappa shape index (κ2) is 13.7. The average molecular weight is 568 g/mol. The van der Waals surface area contributed by atoms with Crippen molar-refractivity contribution >= 4 is 23.9 Å². The summed E-state index contributed by atoms with van der Waals surface area (Å²) < 4.78 is 10.9. The number of aryl methyl sites for hydroxylation is 2. The maximum atomic E-state index is 14.0. The third-order valence-electron chi connectivity index (χ3n) is 6.22. The summed E-state index contributed by atoms with van der Waals surface area (Å²) in [5, 5.41) is 5.39. The van der Waals surface area contributed by atoms with Crippen molar-refractivity contribution in [1.29, 1.82) is 0 Å². The predicted molar refractivity (Wildman–Crippen MR) is 158 cm³/mol. The van der Waals surface area contributed by atoms with Crippen LogP contribution in [0.15, 0.2) is 48.5 Å². The lowest BCUT2D eigenvalue weighted by molar-refractivity contribution is -0.159. The van der Waals surface area contributed by atoms with Gasteiger partial charge in [-0.15, -0.1) is 0 Å². The van der Waals surface area contributed by atoms with E-state index in [9.17, 15) is 19.2 Å². The van der Waals surface area contributed by atoms with E-state index < -0.39 is 53.2 Å². The van der Waals surface area contributed by atoms with Gasteiger partial charge in [0.15, 0.2) is 0 Å². The highest BCUT2D eigenvalue weighted by molar-refractivity contribution is 5.93. The molecule has 41 heavy (non-hydrogen) atoms. The molecule has 0 radical (unpaired) electrons. The van der Waals surface area contributed by atoms with Crippen molar-refractivity contribution in [3.05, 3.63) is 70.8 Å². The molecule has 3 unspecified atom stereocenters. The smallest absolute Gasteiger partial charge is 0.408 e. The third-order valence-corrected chi connectivity index (χ3v) is 6.22. The van der Waals surface area contributed by atoms with Gasteiger partial charge in [0.05, 0.1) is 0 Å². The molecule has 0 saturated carbocycles. The van der Waals surface area contributed by atoms with Crippen LogP contribution in [0, 0.1) is 13.8 Å². The van der Waals surface area contributed by atoms with Crippen molar-refractivity contribution in [3.8, 4) is 0 Å². The molecule has 2 N–H and O–H groups in total. The zero-order valence-electron chi connectivity index (χ0n) is 26.0. The molecule has 0 aliphatic rings. The number of carbonyl (C=O) groups is 4. The fraction of sp³-hybridized carbons (Fsp3) is 0.500. The first kappa shape index (κ1) is 33.3. The third kappa shape index (κ3) is 10.6. The molecule has 0 fully saturated rings. The number of alkyl carbamates (subject to hydrolysis) is 1. The average Bonchev–Trinajstić information content (AvgIpc) is 2.83. The number of hydrogen-bond donors (Lipinski definition) is 2. The normalized spacial score (nSPS) is 13.8. The molecule has 0 aliphatic carbocycles. The van der Waals surface area contributed by atoms with Crippen molar-refractivity contribution in [1.82, 2.24) is 15.5 Å². The van der Waals surface area contributed by atoms with Crippen LogP contribution in [0.2, 0.25) is 0 Å². The highest BCUT2D eigenvalue weighted by atomic mass is 16.6. The Balaban J connectivity index is 2.42. The van der Waals surface area contributed by atoms with Gasteiger partial charge >= 0.3 is 12.1 Å². The molecule has 3 atom stereocenters. The van der Waals surface area contributed by atoms with Gasteiger partial charge in [-0.2, -0.15) is 0 Å². The Morgan fingerprint density at radius 1 is 0.829 bits per heavy atom. The van der Waals surface area contributed by atoms with E-state index in [0.717, 1.165) is 16.7 Å². The molecule has 2 rings (SSSR count). The van der Waals surface area contributed by atoms with Crippen LogP contribution in [-0.4, -0.2) is 59.1 Å². The number of rotatable bonds is 9. The first-order chi connectivity index (χ1) is 18.9. The molecule has 0 spiro atoms. The van der Waals surface area contributed by atoms with Crippen molar-refractivity contribution in [2.24, 2.45) is 0 Å². The first-order valence-electron chi connectivity index (χ1n) is 13.8. The van der Waals surface area contributed by atoms with Gasteiger partial charge in [-0.3, -0.25) is 9.59 Å². The fourth-order valence-electron chi connectivity index (χ4n) is 4.13. The summed E-state index contributed by atoms with van der Waals surface area (Å²) in [6.45, 7) is 15.8. The minimum absolute atomic E-state index is 0.204. The molecule has 0 bridgehead atoms. The second-order valence-corrected chi connectivity index (χ2v) is 12.3. The fourth-order valence-corrected chi connectivity index (χ4v) is 4.13. The summed E-state index contributed by atoms with van der Waals surface area (Å²) in [5.74, 6) is -1.64. The predicted octanol–water partition coefficient (Wildman–Crippen LogP) is 4.79. The zero-order valence-corrected chi connectivity index (χ0v) is 26.0. The van der Waals surface area contributed by atoms with Crippen LogP contribution < -0.4 is 10.6 Å². The van der Waals surface area contributed by atoms with Crippen LogP contribution >= 0.6 is 0 Å². The van der Waals surface area contributed by atoms with Crippen LogP contribution in [0.3, 0.4) is 0 Å². The topological polar surface area (TPSA) is 114 Å². The first-order valence-corrected chi connectivity index (χ1v) is 13.8. The summed E-state index contributed by atoms with van der Waals surface area (Å²) in [7, 11) is 1.49. The number of likely N-dealkylation sites (N-methyl/N-ethyl adjacent to an activating group) is 1. The molecular formula is C32H45N3O6. The van der Waals surface area contributed by atoms with E-state index in [-0.39, 0.29) is 6.42 Å². The van der Waals surface area contributed by atoms with E-state index in [1.165, 1.54) is 18.9 Å². The standard InChI is InChI=1S/C32H45N3O6/c1-20-16-17-24(18-21(20)2)26(35(10)28(37)22(3)33-30(39)41-32(7,8)9)27(36)34-25(29(38)40-31(4,5)6)19-23-14-12-11-13-15-23/h11-18,22,25-26H,19H2,1-10H3,(H,33,39)(H,34,36). The van der Waals surface area contributed by atoms with Gasteiger partial charge in [-0.05, 0) is 84.6 Å². The Morgan fingerprint density at radius 2 is 1.41 bits per heavy atom. The number of nitrogens with one attached hydrogen (secondary N) is 2. The van der Waals surface area contributed by atoms with Gasteiger partial charge in [-0.1, -0.05) is 48.5 Å². The number of hydrogen-bond acceptors (Lipinski definition) is 6. The van der Waals surface area contributed by atoms with Gasteiger partial charge in [0.2, 0.25) is 11.8 Å². The van der Waals surface area contributed by atoms with Gasteiger partial charge in [0.1, 0.15) is 29.3 Å². The lowest BCUT2D eigenvalue weighted by Crippen LogP contribution is -2.53. The highest BCUT2D eigenvalue weighted by Gasteiger charge is 2.35. The number of benzene rings is 2. The summed E-state index contributed by atoms with van der Waals surface area (Å²) in [6, 6.07) is 11.7.